The zero-order chi connectivity index (χ0) is 10.8. The molecule has 2 nitrogen and oxygen atoms in total. The largest absolute Gasteiger partial charge is 0.298 e. The van der Waals surface area contributed by atoms with Crippen molar-refractivity contribution in [2.45, 2.75) is 38.3 Å². The molecule has 2 saturated heterocycles. The van der Waals surface area contributed by atoms with Crippen LogP contribution in [-0.2, 0) is 0 Å². The maximum absolute atomic E-state index is 5.93. The van der Waals surface area contributed by atoms with Gasteiger partial charge in [0.25, 0.3) is 0 Å². The van der Waals surface area contributed by atoms with Crippen LogP contribution >= 0.6 is 11.6 Å². The third kappa shape index (κ3) is 2.55. The molecule has 2 unspecified atom stereocenters. The first-order valence-electron chi connectivity index (χ1n) is 6.02. The van der Waals surface area contributed by atoms with Gasteiger partial charge in [-0.3, -0.25) is 9.80 Å². The summed E-state index contributed by atoms with van der Waals surface area (Å²) in [6.07, 6.45) is 3.95. The van der Waals surface area contributed by atoms with Crippen LogP contribution < -0.4 is 0 Å². The second-order valence-electron chi connectivity index (χ2n) is 4.80. The molecule has 3 heteroatoms. The van der Waals surface area contributed by atoms with Crippen LogP contribution in [-0.4, -0.2) is 48.1 Å². The molecule has 2 aliphatic heterocycles. The molecule has 0 bridgehead atoms. The van der Waals surface area contributed by atoms with Crippen LogP contribution in [0.1, 0.15) is 26.2 Å². The van der Waals surface area contributed by atoms with E-state index in [0.29, 0.717) is 6.04 Å². The van der Waals surface area contributed by atoms with Gasteiger partial charge in [0.2, 0.25) is 0 Å². The smallest absolute Gasteiger partial charge is 0.0339 e. The monoisotopic (exact) mass is 228 g/mol. The highest BCUT2D eigenvalue weighted by atomic mass is 35.5. The molecule has 15 heavy (non-hydrogen) atoms. The first-order valence-corrected chi connectivity index (χ1v) is 6.40. The van der Waals surface area contributed by atoms with Crippen molar-refractivity contribution in [3.05, 3.63) is 11.6 Å². The Labute approximate surface area is 97.9 Å². The van der Waals surface area contributed by atoms with Crippen LogP contribution in [0.4, 0.5) is 0 Å². The Kier molecular flexibility index (Phi) is 3.70. The highest BCUT2D eigenvalue weighted by Crippen LogP contribution is 2.26. The van der Waals surface area contributed by atoms with Gasteiger partial charge in [0.1, 0.15) is 0 Å². The highest BCUT2D eigenvalue weighted by Gasteiger charge is 2.35. The normalized spacial score (nSPS) is 32.9. The average Bonchev–Trinajstić information content (AvgIpc) is 2.62. The topological polar surface area (TPSA) is 6.48 Å². The van der Waals surface area contributed by atoms with E-state index in [0.717, 1.165) is 17.6 Å². The van der Waals surface area contributed by atoms with Gasteiger partial charge >= 0.3 is 0 Å². The summed E-state index contributed by atoms with van der Waals surface area (Å²) < 4.78 is 0. The standard InChI is InChI=1S/C12H21ClN2/c1-3-11-8-14-6-4-5-12(14)9-15(11)7-10(2)13/h11-12H,2-9H2,1H3. The van der Waals surface area contributed by atoms with Gasteiger partial charge in [0.15, 0.2) is 0 Å². The van der Waals surface area contributed by atoms with E-state index in [2.05, 4.69) is 23.3 Å². The van der Waals surface area contributed by atoms with Gasteiger partial charge in [0, 0.05) is 36.8 Å². The molecule has 0 N–H and O–H groups in total. The highest BCUT2D eigenvalue weighted by molar-refractivity contribution is 6.29. The quantitative estimate of drug-likeness (QED) is 0.732. The van der Waals surface area contributed by atoms with Crippen molar-refractivity contribution in [1.82, 2.24) is 9.80 Å². The molecule has 0 radical (unpaired) electrons. The summed E-state index contributed by atoms with van der Waals surface area (Å²) in [5, 5.41) is 0.778. The number of rotatable bonds is 3. The molecule has 0 saturated carbocycles. The lowest BCUT2D eigenvalue weighted by molar-refractivity contribution is 0.0573. The van der Waals surface area contributed by atoms with E-state index < -0.39 is 0 Å². The van der Waals surface area contributed by atoms with Gasteiger partial charge in [0.05, 0.1) is 0 Å². The summed E-state index contributed by atoms with van der Waals surface area (Å²) in [5.74, 6) is 0. The van der Waals surface area contributed by atoms with Crippen molar-refractivity contribution in [1.29, 1.82) is 0 Å². The van der Waals surface area contributed by atoms with E-state index in [-0.39, 0.29) is 0 Å². The molecule has 2 atom stereocenters. The van der Waals surface area contributed by atoms with E-state index >= 15 is 0 Å². The number of nitrogens with zero attached hydrogens (tertiary/aromatic N) is 2. The van der Waals surface area contributed by atoms with Crippen molar-refractivity contribution < 1.29 is 0 Å². The molecule has 0 amide bonds. The zero-order valence-electron chi connectivity index (χ0n) is 9.58. The second-order valence-corrected chi connectivity index (χ2v) is 5.33. The van der Waals surface area contributed by atoms with Crippen molar-refractivity contribution in [2.75, 3.05) is 26.2 Å². The van der Waals surface area contributed by atoms with Crippen molar-refractivity contribution in [3.8, 4) is 0 Å². The number of hydrogen-bond donors (Lipinski definition) is 0. The maximum atomic E-state index is 5.93. The molecule has 0 aromatic rings. The third-order valence-corrected chi connectivity index (χ3v) is 3.87. The first-order chi connectivity index (χ1) is 7.20. The van der Waals surface area contributed by atoms with Gasteiger partial charge in [-0.1, -0.05) is 25.1 Å². The molecule has 0 aromatic heterocycles. The summed E-state index contributed by atoms with van der Waals surface area (Å²) in [6, 6.07) is 1.46. The van der Waals surface area contributed by atoms with Crippen LogP contribution in [0.15, 0.2) is 11.6 Å². The lowest BCUT2D eigenvalue weighted by Gasteiger charge is -2.43. The minimum atomic E-state index is 0.676. The fraction of sp³-hybridized carbons (Fsp3) is 0.833. The molecule has 2 aliphatic rings. The second kappa shape index (κ2) is 4.86. The van der Waals surface area contributed by atoms with E-state index in [9.17, 15) is 0 Å². The summed E-state index contributed by atoms with van der Waals surface area (Å²) in [5.41, 5.74) is 0. The number of halogens is 1. The fourth-order valence-corrected chi connectivity index (χ4v) is 3.10. The molecular formula is C12H21ClN2. The minimum Gasteiger partial charge on any atom is -0.298 e. The Hall–Kier alpha value is -0.0500. The Bertz CT molecular complexity index is 242. The van der Waals surface area contributed by atoms with E-state index in [4.69, 9.17) is 11.6 Å². The summed E-state index contributed by atoms with van der Waals surface area (Å²) in [4.78, 5) is 5.17. The van der Waals surface area contributed by atoms with Gasteiger partial charge < -0.3 is 0 Å². The van der Waals surface area contributed by atoms with Crippen molar-refractivity contribution >= 4 is 11.6 Å². The summed E-state index contributed by atoms with van der Waals surface area (Å²) in [6.45, 7) is 10.7. The molecule has 2 fully saturated rings. The molecule has 0 aliphatic carbocycles. The molecule has 0 spiro atoms. The predicted octanol–water partition coefficient (Wildman–Crippen LogP) is 2.30. The zero-order valence-corrected chi connectivity index (χ0v) is 10.3. The number of hydrogen-bond acceptors (Lipinski definition) is 2. The molecule has 0 aromatic carbocycles. The molecule has 86 valence electrons. The van der Waals surface area contributed by atoms with Gasteiger partial charge in [-0.05, 0) is 25.8 Å². The Morgan fingerprint density at radius 1 is 1.47 bits per heavy atom. The summed E-state index contributed by atoms with van der Waals surface area (Å²) in [7, 11) is 0. The van der Waals surface area contributed by atoms with Crippen LogP contribution in [0.3, 0.4) is 0 Å². The van der Waals surface area contributed by atoms with Crippen LogP contribution in [0.25, 0.3) is 0 Å². The van der Waals surface area contributed by atoms with Crippen LogP contribution in [0.5, 0.6) is 0 Å². The molecular weight excluding hydrogens is 208 g/mol. The van der Waals surface area contributed by atoms with Crippen LogP contribution in [0.2, 0.25) is 0 Å². The van der Waals surface area contributed by atoms with E-state index in [1.165, 1.54) is 38.9 Å². The van der Waals surface area contributed by atoms with Crippen molar-refractivity contribution in [2.24, 2.45) is 0 Å². The molecule has 2 heterocycles. The van der Waals surface area contributed by atoms with Gasteiger partial charge in [-0.15, -0.1) is 0 Å². The van der Waals surface area contributed by atoms with Crippen LogP contribution in [0, 0.1) is 0 Å². The van der Waals surface area contributed by atoms with Gasteiger partial charge in [-0.2, -0.15) is 0 Å². The van der Waals surface area contributed by atoms with E-state index in [1.807, 2.05) is 0 Å². The minimum absolute atomic E-state index is 0.676. The lowest BCUT2D eigenvalue weighted by atomic mass is 10.1. The first kappa shape index (κ1) is 11.4. The average molecular weight is 229 g/mol. The van der Waals surface area contributed by atoms with Gasteiger partial charge in [-0.25, -0.2) is 0 Å². The third-order valence-electron chi connectivity index (χ3n) is 3.75. The fourth-order valence-electron chi connectivity index (χ4n) is 2.95. The van der Waals surface area contributed by atoms with E-state index in [1.54, 1.807) is 0 Å². The van der Waals surface area contributed by atoms with Crippen molar-refractivity contribution in [3.63, 3.8) is 0 Å². The lowest BCUT2D eigenvalue weighted by Crippen LogP contribution is -2.55. The SMILES string of the molecule is C=C(Cl)CN1CC2CCCN2CC1CC. The number of fused-ring (bicyclic) bond motifs is 1. The Balaban J connectivity index is 1.99. The predicted molar refractivity (Wildman–Crippen MR) is 65.2 cm³/mol. The Morgan fingerprint density at radius 2 is 2.27 bits per heavy atom. The molecule has 2 rings (SSSR count). The summed E-state index contributed by atoms with van der Waals surface area (Å²) >= 11 is 5.93. The number of piperazine rings is 1. The Morgan fingerprint density at radius 3 is 2.93 bits per heavy atom. The maximum Gasteiger partial charge on any atom is 0.0339 e.